The Kier molecular flexibility index (Phi) is 11.7. The van der Waals surface area contributed by atoms with E-state index in [0.29, 0.717) is 38.9 Å². The summed E-state index contributed by atoms with van der Waals surface area (Å²) in [5, 5.41) is 6.74. The molecule has 1 aromatic rings. The molecule has 0 saturated carbocycles. The Bertz CT molecular complexity index is 619. The second-order valence-electron chi connectivity index (χ2n) is 6.48. The minimum absolute atomic E-state index is 0. The quantitative estimate of drug-likeness (QED) is 0.258. The van der Waals surface area contributed by atoms with Gasteiger partial charge in [0, 0.05) is 25.7 Å². The number of guanidine groups is 1. The summed E-state index contributed by atoms with van der Waals surface area (Å²) in [6.07, 6.45) is 1.54. The van der Waals surface area contributed by atoms with Crippen LogP contribution in [0.25, 0.3) is 0 Å². The first-order chi connectivity index (χ1) is 13.1. The molecular weight excluding hydrogens is 471 g/mol. The average Bonchev–Trinajstić information content (AvgIpc) is 2.67. The monoisotopic (exact) mass is 504 g/mol. The van der Waals surface area contributed by atoms with E-state index < -0.39 is 0 Å². The van der Waals surface area contributed by atoms with Gasteiger partial charge in [-0.15, -0.1) is 24.0 Å². The molecule has 0 bridgehead atoms. The molecule has 1 aliphatic heterocycles. The van der Waals surface area contributed by atoms with Gasteiger partial charge >= 0.3 is 6.09 Å². The summed E-state index contributed by atoms with van der Waals surface area (Å²) in [5.41, 5.74) is 1.12. The highest BCUT2D eigenvalue weighted by Gasteiger charge is 2.23. The van der Waals surface area contributed by atoms with E-state index in [4.69, 9.17) is 9.47 Å². The van der Waals surface area contributed by atoms with Gasteiger partial charge in [-0.3, -0.25) is 0 Å². The molecule has 158 valence electrons. The standard InChI is InChI=1S/C20H32N4O3.HI/c1-4-21-19(22-12-15-27-18-9-7-6-8-16(18)3)23-17-10-13-24(14-11-17)20(25)26-5-2;/h6-9,17H,4-5,10-15H2,1-3H3,(H2,21,22,23);1H. The molecule has 1 saturated heterocycles. The van der Waals surface area contributed by atoms with Crippen LogP contribution in [0.4, 0.5) is 4.79 Å². The molecule has 8 heteroatoms. The number of nitrogens with zero attached hydrogens (tertiary/aromatic N) is 2. The van der Waals surface area contributed by atoms with Crippen molar-refractivity contribution in [3.63, 3.8) is 0 Å². The molecule has 28 heavy (non-hydrogen) atoms. The number of aliphatic imine (C=N–C) groups is 1. The van der Waals surface area contributed by atoms with Crippen LogP contribution in [-0.2, 0) is 4.74 Å². The summed E-state index contributed by atoms with van der Waals surface area (Å²) in [7, 11) is 0. The summed E-state index contributed by atoms with van der Waals surface area (Å²) in [4.78, 5) is 18.1. The van der Waals surface area contributed by atoms with Crippen LogP contribution in [0.15, 0.2) is 29.3 Å². The highest BCUT2D eigenvalue weighted by molar-refractivity contribution is 14.0. The van der Waals surface area contributed by atoms with Crippen molar-refractivity contribution in [3.8, 4) is 5.75 Å². The van der Waals surface area contributed by atoms with Crippen molar-refractivity contribution in [2.75, 3.05) is 39.4 Å². The molecule has 0 aliphatic carbocycles. The Hall–Kier alpha value is -1.71. The fraction of sp³-hybridized carbons (Fsp3) is 0.600. The third-order valence-electron chi connectivity index (χ3n) is 4.42. The first-order valence-electron chi connectivity index (χ1n) is 9.79. The summed E-state index contributed by atoms with van der Waals surface area (Å²) >= 11 is 0. The molecular formula is C20H33IN4O3. The fourth-order valence-corrected chi connectivity index (χ4v) is 2.97. The van der Waals surface area contributed by atoms with Gasteiger partial charge in [0.05, 0.1) is 13.2 Å². The molecule has 1 amide bonds. The number of amides is 1. The van der Waals surface area contributed by atoms with Crippen LogP contribution in [0.2, 0.25) is 0 Å². The van der Waals surface area contributed by atoms with Crippen molar-refractivity contribution in [2.24, 2.45) is 4.99 Å². The molecule has 2 rings (SSSR count). The molecule has 0 radical (unpaired) electrons. The summed E-state index contributed by atoms with van der Waals surface area (Å²) < 4.78 is 10.9. The SMILES string of the molecule is CCNC(=NCCOc1ccccc1C)NC1CCN(C(=O)OCC)CC1.I. The second-order valence-corrected chi connectivity index (χ2v) is 6.48. The number of aryl methyl sites for hydroxylation is 1. The Balaban J connectivity index is 0.00000392. The zero-order valence-corrected chi connectivity index (χ0v) is 19.4. The van der Waals surface area contributed by atoms with Crippen molar-refractivity contribution in [1.82, 2.24) is 15.5 Å². The van der Waals surface area contributed by atoms with E-state index in [0.717, 1.165) is 36.7 Å². The number of nitrogens with one attached hydrogen (secondary N) is 2. The zero-order valence-electron chi connectivity index (χ0n) is 17.1. The predicted molar refractivity (Wildman–Crippen MR) is 123 cm³/mol. The number of carbonyl (C=O) groups excluding carboxylic acids is 1. The fourth-order valence-electron chi connectivity index (χ4n) is 2.97. The number of halogens is 1. The lowest BCUT2D eigenvalue weighted by Gasteiger charge is -2.32. The van der Waals surface area contributed by atoms with Gasteiger partial charge in [-0.25, -0.2) is 9.79 Å². The van der Waals surface area contributed by atoms with Crippen LogP contribution < -0.4 is 15.4 Å². The minimum Gasteiger partial charge on any atom is -0.491 e. The van der Waals surface area contributed by atoms with Gasteiger partial charge in [0.25, 0.3) is 0 Å². The van der Waals surface area contributed by atoms with Crippen LogP contribution in [0.5, 0.6) is 5.75 Å². The van der Waals surface area contributed by atoms with Crippen molar-refractivity contribution in [1.29, 1.82) is 0 Å². The normalized spacial score (nSPS) is 14.8. The first-order valence-corrected chi connectivity index (χ1v) is 9.79. The molecule has 1 aromatic carbocycles. The van der Waals surface area contributed by atoms with Gasteiger partial charge in [0.2, 0.25) is 0 Å². The number of piperidine rings is 1. The van der Waals surface area contributed by atoms with Gasteiger partial charge in [0.1, 0.15) is 12.4 Å². The van der Waals surface area contributed by atoms with Crippen LogP contribution in [0, 0.1) is 6.92 Å². The number of likely N-dealkylation sites (tertiary alicyclic amines) is 1. The van der Waals surface area contributed by atoms with E-state index in [1.807, 2.05) is 45.0 Å². The van der Waals surface area contributed by atoms with Gasteiger partial charge in [-0.05, 0) is 45.2 Å². The van der Waals surface area contributed by atoms with E-state index >= 15 is 0 Å². The lowest BCUT2D eigenvalue weighted by Crippen LogP contribution is -2.50. The van der Waals surface area contributed by atoms with Gasteiger partial charge in [-0.1, -0.05) is 18.2 Å². The maximum absolute atomic E-state index is 11.8. The van der Waals surface area contributed by atoms with Gasteiger partial charge in [-0.2, -0.15) is 0 Å². The summed E-state index contributed by atoms with van der Waals surface area (Å²) in [6, 6.07) is 8.28. The smallest absolute Gasteiger partial charge is 0.409 e. The van der Waals surface area contributed by atoms with Crippen LogP contribution >= 0.6 is 24.0 Å². The number of para-hydroxylation sites is 1. The van der Waals surface area contributed by atoms with E-state index in [2.05, 4.69) is 15.6 Å². The molecule has 0 unspecified atom stereocenters. The summed E-state index contributed by atoms with van der Waals surface area (Å²) in [5.74, 6) is 1.69. The topological polar surface area (TPSA) is 75.2 Å². The number of ether oxygens (including phenoxy) is 2. The van der Waals surface area contributed by atoms with E-state index in [1.54, 1.807) is 4.90 Å². The lowest BCUT2D eigenvalue weighted by atomic mass is 10.1. The van der Waals surface area contributed by atoms with E-state index in [1.165, 1.54) is 0 Å². The highest BCUT2D eigenvalue weighted by Crippen LogP contribution is 2.15. The Morgan fingerprint density at radius 3 is 2.61 bits per heavy atom. The minimum atomic E-state index is -0.218. The van der Waals surface area contributed by atoms with Gasteiger partial charge < -0.3 is 25.0 Å². The Morgan fingerprint density at radius 2 is 1.96 bits per heavy atom. The van der Waals surface area contributed by atoms with E-state index in [9.17, 15) is 4.79 Å². The number of hydrogen-bond acceptors (Lipinski definition) is 4. The molecule has 0 aromatic heterocycles. The summed E-state index contributed by atoms with van der Waals surface area (Å²) in [6.45, 7) is 9.63. The van der Waals surface area contributed by atoms with Crippen LogP contribution in [0.3, 0.4) is 0 Å². The third kappa shape index (κ3) is 8.12. The van der Waals surface area contributed by atoms with Crippen LogP contribution in [-0.4, -0.2) is 62.4 Å². The van der Waals surface area contributed by atoms with E-state index in [-0.39, 0.29) is 30.1 Å². The highest BCUT2D eigenvalue weighted by atomic mass is 127. The first kappa shape index (κ1) is 24.3. The van der Waals surface area contributed by atoms with Crippen molar-refractivity contribution < 1.29 is 14.3 Å². The number of carbonyl (C=O) groups is 1. The predicted octanol–water partition coefficient (Wildman–Crippen LogP) is 3.17. The number of hydrogen-bond donors (Lipinski definition) is 2. The molecule has 1 heterocycles. The van der Waals surface area contributed by atoms with Crippen LogP contribution in [0.1, 0.15) is 32.3 Å². The van der Waals surface area contributed by atoms with Crippen molar-refractivity contribution in [3.05, 3.63) is 29.8 Å². The Labute approximate surface area is 185 Å². The maximum Gasteiger partial charge on any atom is 0.409 e. The molecule has 0 atom stereocenters. The van der Waals surface area contributed by atoms with Crippen molar-refractivity contribution >= 4 is 36.0 Å². The molecule has 0 spiro atoms. The second kappa shape index (κ2) is 13.5. The molecule has 1 aliphatic rings. The largest absolute Gasteiger partial charge is 0.491 e. The molecule has 7 nitrogen and oxygen atoms in total. The third-order valence-corrected chi connectivity index (χ3v) is 4.42. The number of rotatable bonds is 7. The lowest BCUT2D eigenvalue weighted by molar-refractivity contribution is 0.0963. The molecule has 2 N–H and O–H groups in total. The maximum atomic E-state index is 11.8. The average molecular weight is 504 g/mol. The zero-order chi connectivity index (χ0) is 19.5. The Morgan fingerprint density at radius 1 is 1.25 bits per heavy atom. The van der Waals surface area contributed by atoms with Gasteiger partial charge in [0.15, 0.2) is 5.96 Å². The number of benzene rings is 1. The molecule has 1 fully saturated rings. The van der Waals surface area contributed by atoms with Crippen molar-refractivity contribution in [2.45, 2.75) is 39.7 Å².